The lowest BCUT2D eigenvalue weighted by Gasteiger charge is -2.29. The molecule has 0 radical (unpaired) electrons. The SMILES string of the molecule is COc1c(NC(=O)Nc2ccc3[nH]c(-c4ccc(CC(C)C)cc4)nc3c2)ccc2c1C=CC(C)(C)O2. The zero-order valence-corrected chi connectivity index (χ0v) is 21.8. The van der Waals surface area contributed by atoms with Gasteiger partial charge < -0.3 is 25.1 Å². The summed E-state index contributed by atoms with van der Waals surface area (Å²) in [6.07, 6.45) is 4.98. The second-order valence-corrected chi connectivity index (χ2v) is 10.3. The van der Waals surface area contributed by atoms with Gasteiger partial charge in [0.1, 0.15) is 17.2 Å². The van der Waals surface area contributed by atoms with Crippen molar-refractivity contribution in [2.24, 2.45) is 5.92 Å². The Morgan fingerprint density at radius 3 is 2.59 bits per heavy atom. The Morgan fingerprint density at radius 2 is 1.86 bits per heavy atom. The molecule has 0 aliphatic carbocycles. The average Bonchev–Trinajstić information content (AvgIpc) is 3.27. The van der Waals surface area contributed by atoms with Crippen LogP contribution in [0.1, 0.15) is 38.8 Å². The summed E-state index contributed by atoms with van der Waals surface area (Å²) in [6.45, 7) is 8.41. The van der Waals surface area contributed by atoms with E-state index in [0.29, 0.717) is 28.8 Å². The van der Waals surface area contributed by atoms with Crippen LogP contribution < -0.4 is 20.1 Å². The Kier molecular flexibility index (Phi) is 6.38. The lowest BCUT2D eigenvalue weighted by molar-refractivity contribution is 0.158. The fourth-order valence-corrected chi connectivity index (χ4v) is 4.52. The number of benzene rings is 3. The largest absolute Gasteiger partial charge is 0.494 e. The third-order valence-corrected chi connectivity index (χ3v) is 6.25. The zero-order chi connectivity index (χ0) is 26.2. The number of ether oxygens (including phenoxy) is 2. The number of imidazole rings is 1. The molecule has 0 saturated carbocycles. The number of hydrogen-bond acceptors (Lipinski definition) is 4. The lowest BCUT2D eigenvalue weighted by Crippen LogP contribution is -2.27. The highest BCUT2D eigenvalue weighted by Crippen LogP contribution is 2.41. The van der Waals surface area contributed by atoms with Gasteiger partial charge in [-0.1, -0.05) is 38.1 Å². The molecule has 5 rings (SSSR count). The first-order valence-electron chi connectivity index (χ1n) is 12.5. The van der Waals surface area contributed by atoms with Gasteiger partial charge in [-0.05, 0) is 74.2 Å². The molecule has 0 atom stereocenters. The van der Waals surface area contributed by atoms with Gasteiger partial charge in [0.15, 0.2) is 5.75 Å². The molecule has 37 heavy (non-hydrogen) atoms. The number of carbonyl (C=O) groups is 1. The average molecular weight is 497 g/mol. The molecule has 0 unspecified atom stereocenters. The summed E-state index contributed by atoms with van der Waals surface area (Å²) in [5.41, 5.74) is 5.60. The second-order valence-electron chi connectivity index (χ2n) is 10.3. The molecule has 3 N–H and O–H groups in total. The minimum atomic E-state index is -0.397. The van der Waals surface area contributed by atoms with Crippen LogP contribution >= 0.6 is 0 Å². The Labute approximate surface area is 216 Å². The van der Waals surface area contributed by atoms with Crippen LogP contribution in [-0.4, -0.2) is 28.7 Å². The van der Waals surface area contributed by atoms with Gasteiger partial charge in [-0.25, -0.2) is 9.78 Å². The maximum absolute atomic E-state index is 12.8. The molecular weight excluding hydrogens is 464 g/mol. The number of aromatic amines is 1. The fraction of sp³-hybridized carbons (Fsp3) is 0.267. The number of fused-ring (bicyclic) bond motifs is 2. The Hall–Kier alpha value is -4.26. The number of hydrogen-bond donors (Lipinski definition) is 3. The summed E-state index contributed by atoms with van der Waals surface area (Å²) >= 11 is 0. The van der Waals surface area contributed by atoms with Crippen molar-refractivity contribution in [3.8, 4) is 22.9 Å². The summed E-state index contributed by atoms with van der Waals surface area (Å²) in [4.78, 5) is 20.9. The van der Waals surface area contributed by atoms with E-state index in [1.54, 1.807) is 13.2 Å². The van der Waals surface area contributed by atoms with E-state index in [-0.39, 0.29) is 6.03 Å². The van der Waals surface area contributed by atoms with Gasteiger partial charge in [0, 0.05) is 11.3 Å². The molecule has 2 amide bonds. The fourth-order valence-electron chi connectivity index (χ4n) is 4.52. The maximum Gasteiger partial charge on any atom is 0.323 e. The molecule has 0 spiro atoms. The number of anilines is 2. The van der Waals surface area contributed by atoms with E-state index < -0.39 is 5.60 Å². The normalized spacial score (nSPS) is 13.8. The third-order valence-electron chi connectivity index (χ3n) is 6.25. The topological polar surface area (TPSA) is 88.3 Å². The smallest absolute Gasteiger partial charge is 0.323 e. The van der Waals surface area contributed by atoms with Crippen LogP contribution in [0.15, 0.2) is 60.7 Å². The number of nitrogens with one attached hydrogen (secondary N) is 3. The Balaban J connectivity index is 1.31. The number of aromatic nitrogens is 2. The van der Waals surface area contributed by atoms with Crippen LogP contribution in [0, 0.1) is 5.92 Å². The Bertz CT molecular complexity index is 1480. The van der Waals surface area contributed by atoms with Crippen molar-refractivity contribution in [2.75, 3.05) is 17.7 Å². The number of amides is 2. The molecule has 2 heterocycles. The van der Waals surface area contributed by atoms with E-state index in [2.05, 4.69) is 53.7 Å². The van der Waals surface area contributed by atoms with E-state index in [0.717, 1.165) is 34.4 Å². The van der Waals surface area contributed by atoms with Crippen LogP contribution in [0.2, 0.25) is 0 Å². The van der Waals surface area contributed by atoms with Gasteiger partial charge in [-0.3, -0.25) is 0 Å². The van der Waals surface area contributed by atoms with Crippen molar-refractivity contribution in [1.82, 2.24) is 9.97 Å². The first-order valence-corrected chi connectivity index (χ1v) is 12.5. The Morgan fingerprint density at radius 1 is 1.08 bits per heavy atom. The van der Waals surface area contributed by atoms with E-state index >= 15 is 0 Å². The van der Waals surface area contributed by atoms with Crippen molar-refractivity contribution < 1.29 is 14.3 Å². The van der Waals surface area contributed by atoms with Crippen LogP contribution in [0.3, 0.4) is 0 Å². The van der Waals surface area contributed by atoms with Gasteiger partial charge in [0.05, 0.1) is 29.4 Å². The number of H-pyrrole nitrogens is 1. The van der Waals surface area contributed by atoms with E-state index in [9.17, 15) is 4.79 Å². The quantitative estimate of drug-likeness (QED) is 0.262. The highest BCUT2D eigenvalue weighted by molar-refractivity contribution is 6.02. The van der Waals surface area contributed by atoms with E-state index in [1.807, 2.05) is 50.3 Å². The molecule has 1 aliphatic rings. The van der Waals surface area contributed by atoms with E-state index in [1.165, 1.54) is 5.56 Å². The number of nitrogens with zero attached hydrogens (tertiary/aromatic N) is 1. The number of rotatable bonds is 6. The minimum absolute atomic E-state index is 0.380. The monoisotopic (exact) mass is 496 g/mol. The molecule has 7 heteroatoms. The molecule has 1 aliphatic heterocycles. The van der Waals surface area contributed by atoms with Crippen molar-refractivity contribution in [3.63, 3.8) is 0 Å². The van der Waals surface area contributed by atoms with Gasteiger partial charge >= 0.3 is 6.03 Å². The first kappa shape index (κ1) is 24.4. The summed E-state index contributed by atoms with van der Waals surface area (Å²) in [5, 5.41) is 5.78. The van der Waals surface area contributed by atoms with Crippen LogP contribution in [-0.2, 0) is 6.42 Å². The first-order chi connectivity index (χ1) is 17.7. The van der Waals surface area contributed by atoms with Gasteiger partial charge in [0.2, 0.25) is 0 Å². The van der Waals surface area contributed by atoms with Crippen molar-refractivity contribution in [1.29, 1.82) is 0 Å². The lowest BCUT2D eigenvalue weighted by atomic mass is 10.0. The summed E-state index contributed by atoms with van der Waals surface area (Å²) in [7, 11) is 1.58. The summed E-state index contributed by atoms with van der Waals surface area (Å²) in [5.74, 6) is 2.67. The molecular formula is C30H32N4O3. The van der Waals surface area contributed by atoms with Crippen LogP contribution in [0.5, 0.6) is 11.5 Å². The molecule has 4 aromatic rings. The van der Waals surface area contributed by atoms with E-state index in [4.69, 9.17) is 14.5 Å². The van der Waals surface area contributed by atoms with Crippen molar-refractivity contribution >= 4 is 34.5 Å². The third kappa shape index (κ3) is 5.31. The summed E-state index contributed by atoms with van der Waals surface area (Å²) in [6, 6.07) is 17.3. The highest BCUT2D eigenvalue weighted by atomic mass is 16.5. The molecule has 0 bridgehead atoms. The predicted octanol–water partition coefficient (Wildman–Crippen LogP) is 7.27. The van der Waals surface area contributed by atoms with Crippen molar-refractivity contribution in [2.45, 2.75) is 39.7 Å². The molecule has 3 aromatic carbocycles. The summed E-state index contributed by atoms with van der Waals surface area (Å²) < 4.78 is 11.6. The maximum atomic E-state index is 12.8. The molecule has 7 nitrogen and oxygen atoms in total. The molecule has 0 saturated heterocycles. The standard InChI is InChI=1S/C30H32N4O3/c1-18(2)16-19-6-8-20(9-7-19)28-32-23-11-10-21(17-25(23)33-28)31-29(35)34-24-12-13-26-22(27(24)36-5)14-15-30(3,4)37-26/h6-15,17-18H,16H2,1-5H3,(H,32,33)(H2,31,34,35). The molecule has 1 aromatic heterocycles. The highest BCUT2D eigenvalue weighted by Gasteiger charge is 2.25. The zero-order valence-electron chi connectivity index (χ0n) is 21.8. The van der Waals surface area contributed by atoms with Crippen LogP contribution in [0.4, 0.5) is 16.2 Å². The number of methoxy groups -OCH3 is 1. The minimum Gasteiger partial charge on any atom is -0.494 e. The predicted molar refractivity (Wildman–Crippen MR) is 149 cm³/mol. The van der Waals surface area contributed by atoms with Crippen LogP contribution in [0.25, 0.3) is 28.5 Å². The van der Waals surface area contributed by atoms with Gasteiger partial charge in [-0.15, -0.1) is 0 Å². The number of urea groups is 1. The second kappa shape index (κ2) is 9.65. The van der Waals surface area contributed by atoms with Crippen molar-refractivity contribution in [3.05, 3.63) is 71.8 Å². The molecule has 0 fully saturated rings. The molecule has 190 valence electrons. The van der Waals surface area contributed by atoms with Gasteiger partial charge in [0.25, 0.3) is 0 Å². The van der Waals surface area contributed by atoms with Gasteiger partial charge in [-0.2, -0.15) is 0 Å². The number of carbonyl (C=O) groups excluding carboxylic acids is 1.